The first-order chi connectivity index (χ1) is 10.7. The number of fused-ring (bicyclic) bond motifs is 1. The number of anilines is 1. The van der Waals surface area contributed by atoms with Crippen LogP contribution >= 0.6 is 0 Å². The summed E-state index contributed by atoms with van der Waals surface area (Å²) in [5.74, 6) is 1.48. The van der Waals surface area contributed by atoms with Crippen molar-refractivity contribution in [3.05, 3.63) is 52.7 Å². The van der Waals surface area contributed by atoms with Gasteiger partial charge in [0.1, 0.15) is 11.5 Å². The number of methoxy groups -OCH3 is 2. The first-order valence-electron chi connectivity index (χ1n) is 6.69. The summed E-state index contributed by atoms with van der Waals surface area (Å²) < 4.78 is 16.5. The molecule has 0 radical (unpaired) electrons. The third-order valence-corrected chi connectivity index (χ3v) is 3.47. The van der Waals surface area contributed by atoms with Crippen LogP contribution in [0.4, 0.5) is 5.69 Å². The Morgan fingerprint density at radius 2 is 1.73 bits per heavy atom. The zero-order valence-electron chi connectivity index (χ0n) is 12.3. The standard InChI is InChI=1S/C17H15NO4/c1-20-13-6-4-3-5-10(13)15-9-12(19)16-11(18)7-8-14(21-2)17(16)22-15/h3-9H,18H2,1-2H3. The van der Waals surface area contributed by atoms with Crippen LogP contribution in [-0.2, 0) is 0 Å². The first-order valence-corrected chi connectivity index (χ1v) is 6.69. The number of hydrogen-bond acceptors (Lipinski definition) is 5. The number of hydrogen-bond donors (Lipinski definition) is 1. The third-order valence-electron chi connectivity index (χ3n) is 3.47. The smallest absolute Gasteiger partial charge is 0.195 e. The Kier molecular flexibility index (Phi) is 3.47. The summed E-state index contributed by atoms with van der Waals surface area (Å²) in [7, 11) is 3.08. The average molecular weight is 297 g/mol. The monoisotopic (exact) mass is 297 g/mol. The number of para-hydroxylation sites is 1. The van der Waals surface area contributed by atoms with Crippen LogP contribution in [-0.4, -0.2) is 14.2 Å². The van der Waals surface area contributed by atoms with Gasteiger partial charge in [0.15, 0.2) is 16.8 Å². The van der Waals surface area contributed by atoms with Crippen molar-refractivity contribution < 1.29 is 13.9 Å². The molecule has 5 nitrogen and oxygen atoms in total. The molecule has 0 aliphatic carbocycles. The fourth-order valence-electron chi connectivity index (χ4n) is 2.41. The van der Waals surface area contributed by atoms with Crippen LogP contribution in [0.2, 0.25) is 0 Å². The summed E-state index contributed by atoms with van der Waals surface area (Å²) >= 11 is 0. The van der Waals surface area contributed by atoms with Crippen LogP contribution in [0.3, 0.4) is 0 Å². The number of nitrogens with two attached hydrogens (primary N) is 1. The van der Waals surface area contributed by atoms with Gasteiger partial charge in [-0.3, -0.25) is 4.79 Å². The molecule has 5 heteroatoms. The topological polar surface area (TPSA) is 74.7 Å². The van der Waals surface area contributed by atoms with E-state index in [0.29, 0.717) is 39.5 Å². The predicted molar refractivity (Wildman–Crippen MR) is 85.4 cm³/mol. The zero-order chi connectivity index (χ0) is 15.7. The second-order valence-corrected chi connectivity index (χ2v) is 4.74. The van der Waals surface area contributed by atoms with Gasteiger partial charge in [0, 0.05) is 11.8 Å². The maximum atomic E-state index is 12.4. The van der Waals surface area contributed by atoms with E-state index in [1.807, 2.05) is 18.2 Å². The quantitative estimate of drug-likeness (QED) is 0.752. The summed E-state index contributed by atoms with van der Waals surface area (Å²) in [6.07, 6.45) is 0. The highest BCUT2D eigenvalue weighted by molar-refractivity contribution is 5.93. The van der Waals surface area contributed by atoms with E-state index in [4.69, 9.17) is 19.6 Å². The Morgan fingerprint density at radius 3 is 2.45 bits per heavy atom. The van der Waals surface area contributed by atoms with Crippen molar-refractivity contribution in [1.29, 1.82) is 0 Å². The maximum Gasteiger partial charge on any atom is 0.195 e. The normalized spacial score (nSPS) is 10.6. The highest BCUT2D eigenvalue weighted by Crippen LogP contribution is 2.34. The molecule has 3 aromatic rings. The Balaban J connectivity index is 2.36. The van der Waals surface area contributed by atoms with E-state index in [1.54, 1.807) is 25.3 Å². The lowest BCUT2D eigenvalue weighted by atomic mass is 10.1. The lowest BCUT2D eigenvalue weighted by Gasteiger charge is -2.10. The number of ether oxygens (including phenoxy) is 2. The second kappa shape index (κ2) is 5.44. The number of nitrogen functional groups attached to an aromatic ring is 1. The van der Waals surface area contributed by atoms with Crippen LogP contribution in [0.15, 0.2) is 51.7 Å². The molecule has 1 aromatic heterocycles. The van der Waals surface area contributed by atoms with Crippen LogP contribution in [0, 0.1) is 0 Å². The zero-order valence-corrected chi connectivity index (χ0v) is 12.3. The van der Waals surface area contributed by atoms with E-state index >= 15 is 0 Å². The molecule has 112 valence electrons. The SMILES string of the molecule is COc1ccccc1-c1cc(=O)c2c(N)ccc(OC)c2o1. The molecular formula is C17H15NO4. The minimum Gasteiger partial charge on any atom is -0.496 e. The molecule has 0 saturated carbocycles. The molecule has 1 heterocycles. The van der Waals surface area contributed by atoms with E-state index in [2.05, 4.69) is 0 Å². The van der Waals surface area contributed by atoms with Crippen LogP contribution < -0.4 is 20.6 Å². The molecule has 0 unspecified atom stereocenters. The lowest BCUT2D eigenvalue weighted by molar-refractivity contribution is 0.407. The summed E-state index contributed by atoms with van der Waals surface area (Å²) in [6.45, 7) is 0. The summed E-state index contributed by atoms with van der Waals surface area (Å²) in [5.41, 5.74) is 7.04. The summed E-state index contributed by atoms with van der Waals surface area (Å²) in [5, 5.41) is 0.318. The van der Waals surface area contributed by atoms with E-state index in [-0.39, 0.29) is 5.43 Å². The van der Waals surface area contributed by atoms with Crippen molar-refractivity contribution in [2.24, 2.45) is 0 Å². The Bertz CT molecular complexity index is 899. The molecule has 0 aliphatic rings. The van der Waals surface area contributed by atoms with Gasteiger partial charge in [0.05, 0.1) is 25.2 Å². The fraction of sp³-hybridized carbons (Fsp3) is 0.118. The van der Waals surface area contributed by atoms with Gasteiger partial charge in [0.2, 0.25) is 0 Å². The number of benzene rings is 2. The van der Waals surface area contributed by atoms with Crippen molar-refractivity contribution >= 4 is 16.7 Å². The van der Waals surface area contributed by atoms with Crippen LogP contribution in [0.5, 0.6) is 11.5 Å². The summed E-state index contributed by atoms with van der Waals surface area (Å²) in [6, 6.07) is 12.0. The van der Waals surface area contributed by atoms with E-state index in [0.717, 1.165) is 0 Å². The molecule has 0 fully saturated rings. The fourth-order valence-corrected chi connectivity index (χ4v) is 2.41. The first kappa shape index (κ1) is 14.0. The van der Waals surface area contributed by atoms with Crippen LogP contribution in [0.1, 0.15) is 0 Å². The molecule has 22 heavy (non-hydrogen) atoms. The van der Waals surface area contributed by atoms with Crippen molar-refractivity contribution in [3.8, 4) is 22.8 Å². The van der Waals surface area contributed by atoms with Gasteiger partial charge in [-0.25, -0.2) is 0 Å². The maximum absolute atomic E-state index is 12.4. The van der Waals surface area contributed by atoms with Gasteiger partial charge in [-0.2, -0.15) is 0 Å². The van der Waals surface area contributed by atoms with Gasteiger partial charge in [-0.1, -0.05) is 12.1 Å². The molecule has 0 bridgehead atoms. The minimum absolute atomic E-state index is 0.224. The molecule has 0 atom stereocenters. The second-order valence-electron chi connectivity index (χ2n) is 4.74. The van der Waals surface area contributed by atoms with Gasteiger partial charge in [-0.15, -0.1) is 0 Å². The molecule has 0 aliphatic heterocycles. The van der Waals surface area contributed by atoms with Crippen molar-refractivity contribution in [1.82, 2.24) is 0 Å². The third kappa shape index (κ3) is 2.16. The molecule has 0 saturated heterocycles. The van der Waals surface area contributed by atoms with Gasteiger partial charge < -0.3 is 19.6 Å². The minimum atomic E-state index is -0.224. The largest absolute Gasteiger partial charge is 0.496 e. The molecule has 0 spiro atoms. The van der Waals surface area contributed by atoms with Crippen molar-refractivity contribution in [2.75, 3.05) is 20.0 Å². The highest BCUT2D eigenvalue weighted by Gasteiger charge is 2.15. The molecular weight excluding hydrogens is 282 g/mol. The van der Waals surface area contributed by atoms with Gasteiger partial charge in [0.25, 0.3) is 0 Å². The van der Waals surface area contributed by atoms with E-state index < -0.39 is 0 Å². The Hall–Kier alpha value is -2.95. The van der Waals surface area contributed by atoms with Crippen molar-refractivity contribution in [2.45, 2.75) is 0 Å². The highest BCUT2D eigenvalue weighted by atomic mass is 16.5. The van der Waals surface area contributed by atoms with Gasteiger partial charge >= 0.3 is 0 Å². The molecule has 3 rings (SSSR count). The average Bonchev–Trinajstić information content (AvgIpc) is 2.54. The molecule has 2 aromatic carbocycles. The number of rotatable bonds is 3. The Labute approximate surface area is 126 Å². The molecule has 2 N–H and O–H groups in total. The lowest BCUT2D eigenvalue weighted by Crippen LogP contribution is -2.05. The molecule has 0 amide bonds. The summed E-state index contributed by atoms with van der Waals surface area (Å²) in [4.78, 5) is 12.4. The predicted octanol–water partition coefficient (Wildman–Crippen LogP) is 3.06. The Morgan fingerprint density at radius 1 is 1.00 bits per heavy atom. The van der Waals surface area contributed by atoms with Gasteiger partial charge in [-0.05, 0) is 24.3 Å². The van der Waals surface area contributed by atoms with Crippen LogP contribution in [0.25, 0.3) is 22.3 Å². The van der Waals surface area contributed by atoms with E-state index in [1.165, 1.54) is 13.2 Å². The van der Waals surface area contributed by atoms with Crippen molar-refractivity contribution in [3.63, 3.8) is 0 Å². The van der Waals surface area contributed by atoms with E-state index in [9.17, 15) is 4.79 Å².